The third kappa shape index (κ3) is 1.24. The molecule has 0 fully saturated rings. The smallest absolute Gasteiger partial charge is 0.250 e. The molecular formula is C10H8N2O. The summed E-state index contributed by atoms with van der Waals surface area (Å²) in [7, 11) is 0. The fourth-order valence-corrected chi connectivity index (χ4v) is 1.32. The zero-order valence-electron chi connectivity index (χ0n) is 6.95. The van der Waals surface area contributed by atoms with Crippen LogP contribution in [0.25, 0.3) is 10.8 Å². The van der Waals surface area contributed by atoms with Crippen molar-refractivity contribution in [1.29, 1.82) is 0 Å². The number of hydrogen-bond acceptors (Lipinski definition) is 2. The maximum absolute atomic E-state index is 11.1. The molecule has 0 amide bonds. The lowest BCUT2D eigenvalue weighted by atomic mass is 10.2. The number of pyridine rings is 1. The summed E-state index contributed by atoms with van der Waals surface area (Å²) in [5, 5.41) is 1.80. The molecular weight excluding hydrogens is 164 g/mol. The van der Waals surface area contributed by atoms with Crippen LogP contribution in [0.1, 0.15) is 0 Å². The summed E-state index contributed by atoms with van der Waals surface area (Å²) in [6.45, 7) is 3.40. The van der Waals surface area contributed by atoms with Crippen LogP contribution in [-0.2, 0) is 0 Å². The normalized spacial score (nSPS) is 10.2. The van der Waals surface area contributed by atoms with E-state index in [4.69, 9.17) is 0 Å². The highest BCUT2D eigenvalue weighted by molar-refractivity contribution is 5.90. The molecule has 0 radical (unpaired) electrons. The average Bonchev–Trinajstić information content (AvgIpc) is 2.16. The van der Waals surface area contributed by atoms with Crippen molar-refractivity contribution in [2.75, 3.05) is 0 Å². The highest BCUT2D eigenvalue weighted by atomic mass is 16.1. The van der Waals surface area contributed by atoms with Crippen molar-refractivity contribution in [3.63, 3.8) is 0 Å². The minimum Gasteiger partial charge on any atom is -0.307 e. The van der Waals surface area contributed by atoms with E-state index in [1.165, 1.54) is 0 Å². The van der Waals surface area contributed by atoms with Gasteiger partial charge in [-0.25, -0.2) is 4.99 Å². The van der Waals surface area contributed by atoms with Gasteiger partial charge in [0.15, 0.2) is 0 Å². The second-order valence-corrected chi connectivity index (χ2v) is 2.73. The van der Waals surface area contributed by atoms with Crippen molar-refractivity contribution in [2.24, 2.45) is 4.99 Å². The molecule has 1 N–H and O–H groups in total. The first-order chi connectivity index (χ1) is 6.31. The van der Waals surface area contributed by atoms with Crippen LogP contribution in [0.5, 0.6) is 0 Å². The van der Waals surface area contributed by atoms with Gasteiger partial charge in [0.1, 0.15) is 5.82 Å². The molecule has 64 valence electrons. The lowest BCUT2D eigenvalue weighted by Crippen LogP contribution is -2.02. The van der Waals surface area contributed by atoms with Gasteiger partial charge in [-0.1, -0.05) is 24.3 Å². The van der Waals surface area contributed by atoms with Gasteiger partial charge in [0.2, 0.25) is 5.56 Å². The Labute approximate surface area is 74.8 Å². The molecule has 13 heavy (non-hydrogen) atoms. The Morgan fingerprint density at radius 1 is 1.31 bits per heavy atom. The van der Waals surface area contributed by atoms with Gasteiger partial charge >= 0.3 is 0 Å². The van der Waals surface area contributed by atoms with Gasteiger partial charge in [0.25, 0.3) is 0 Å². The Hall–Kier alpha value is -1.90. The first-order valence-electron chi connectivity index (χ1n) is 3.90. The Bertz CT molecular complexity index is 514. The lowest BCUT2D eigenvalue weighted by molar-refractivity contribution is 1.24. The van der Waals surface area contributed by atoms with E-state index >= 15 is 0 Å². The molecule has 0 atom stereocenters. The predicted octanol–water partition coefficient (Wildman–Crippen LogP) is 1.86. The predicted molar refractivity (Wildman–Crippen MR) is 53.8 cm³/mol. The molecule has 0 bridgehead atoms. The van der Waals surface area contributed by atoms with E-state index in [0.29, 0.717) is 5.82 Å². The van der Waals surface area contributed by atoms with Crippen LogP contribution < -0.4 is 5.56 Å². The second kappa shape index (κ2) is 2.86. The topological polar surface area (TPSA) is 45.2 Å². The Balaban J connectivity index is 2.97. The number of benzene rings is 1. The van der Waals surface area contributed by atoms with Gasteiger partial charge in [-0.05, 0) is 12.1 Å². The third-order valence-corrected chi connectivity index (χ3v) is 1.90. The second-order valence-electron chi connectivity index (χ2n) is 2.73. The monoisotopic (exact) mass is 172 g/mol. The van der Waals surface area contributed by atoms with Crippen LogP contribution >= 0.6 is 0 Å². The molecule has 3 heteroatoms. The summed E-state index contributed by atoms with van der Waals surface area (Å²) >= 11 is 0. The Kier molecular flexibility index (Phi) is 1.70. The molecule has 3 nitrogen and oxygen atoms in total. The number of nitrogens with one attached hydrogen (secondary N) is 1. The fourth-order valence-electron chi connectivity index (χ4n) is 1.32. The van der Waals surface area contributed by atoms with Crippen LogP contribution in [-0.4, -0.2) is 11.7 Å². The first-order valence-corrected chi connectivity index (χ1v) is 3.90. The van der Waals surface area contributed by atoms with Gasteiger partial charge in [0, 0.05) is 11.5 Å². The molecule has 2 aromatic rings. The number of hydrogen-bond donors (Lipinski definition) is 1. The number of rotatable bonds is 1. The number of aromatic amines is 1. The molecule has 1 aromatic heterocycles. The summed E-state index contributed by atoms with van der Waals surface area (Å²) in [5.74, 6) is 0.531. The highest BCUT2D eigenvalue weighted by Crippen LogP contribution is 2.20. The van der Waals surface area contributed by atoms with E-state index < -0.39 is 0 Å². The minimum atomic E-state index is -0.152. The lowest BCUT2D eigenvalue weighted by Gasteiger charge is -1.99. The third-order valence-electron chi connectivity index (χ3n) is 1.90. The molecule has 1 heterocycles. The fraction of sp³-hybridized carbons (Fsp3) is 0. The van der Waals surface area contributed by atoms with E-state index in [-0.39, 0.29) is 5.56 Å². The van der Waals surface area contributed by atoms with Crippen LogP contribution in [0.2, 0.25) is 0 Å². The molecule has 2 rings (SSSR count). The van der Waals surface area contributed by atoms with Gasteiger partial charge in [-0.2, -0.15) is 0 Å². The largest absolute Gasteiger partial charge is 0.307 e. The molecule has 0 unspecified atom stereocenters. The highest BCUT2D eigenvalue weighted by Gasteiger charge is 1.98. The molecule has 0 spiro atoms. The van der Waals surface area contributed by atoms with Crippen LogP contribution in [0, 0.1) is 0 Å². The summed E-state index contributed by atoms with van der Waals surface area (Å²) < 4.78 is 0. The zero-order valence-corrected chi connectivity index (χ0v) is 6.95. The SMILES string of the molecule is C=Nc1[nH]c(=O)cc2ccccc12. The molecule has 0 aliphatic heterocycles. The molecule has 1 aromatic carbocycles. The van der Waals surface area contributed by atoms with Crippen molar-refractivity contribution in [1.82, 2.24) is 4.98 Å². The number of aliphatic imine (C=N–C) groups is 1. The van der Waals surface area contributed by atoms with Gasteiger partial charge in [-0.3, -0.25) is 4.79 Å². The minimum absolute atomic E-state index is 0.152. The average molecular weight is 172 g/mol. The van der Waals surface area contributed by atoms with Crippen LogP contribution in [0.3, 0.4) is 0 Å². The van der Waals surface area contributed by atoms with Crippen molar-refractivity contribution in [3.05, 3.63) is 40.7 Å². The molecule has 0 aliphatic rings. The zero-order chi connectivity index (χ0) is 9.26. The van der Waals surface area contributed by atoms with Gasteiger partial charge in [0.05, 0.1) is 0 Å². The van der Waals surface area contributed by atoms with E-state index in [9.17, 15) is 4.79 Å². The first kappa shape index (κ1) is 7.73. The number of nitrogens with zero attached hydrogens (tertiary/aromatic N) is 1. The van der Waals surface area contributed by atoms with Crippen molar-refractivity contribution >= 4 is 23.3 Å². The van der Waals surface area contributed by atoms with E-state index in [1.807, 2.05) is 24.3 Å². The summed E-state index contributed by atoms with van der Waals surface area (Å²) in [5.41, 5.74) is -0.152. The summed E-state index contributed by atoms with van der Waals surface area (Å²) in [6.07, 6.45) is 0. The van der Waals surface area contributed by atoms with Crippen LogP contribution in [0.4, 0.5) is 5.82 Å². The standard InChI is InChI=1S/C10H8N2O/c1-11-10-8-5-3-2-4-7(8)6-9(13)12-10/h2-6H,1H2,(H,12,13). The maximum atomic E-state index is 11.1. The molecule has 0 aliphatic carbocycles. The van der Waals surface area contributed by atoms with E-state index in [2.05, 4.69) is 16.7 Å². The van der Waals surface area contributed by atoms with E-state index in [1.54, 1.807) is 6.07 Å². The molecule has 0 saturated heterocycles. The Morgan fingerprint density at radius 2 is 2.08 bits per heavy atom. The van der Waals surface area contributed by atoms with E-state index in [0.717, 1.165) is 10.8 Å². The van der Waals surface area contributed by atoms with Gasteiger partial charge < -0.3 is 4.98 Å². The number of H-pyrrole nitrogens is 1. The summed E-state index contributed by atoms with van der Waals surface area (Å²) in [4.78, 5) is 17.5. The quantitative estimate of drug-likeness (QED) is 0.655. The van der Waals surface area contributed by atoms with Crippen molar-refractivity contribution in [3.8, 4) is 0 Å². The van der Waals surface area contributed by atoms with Crippen molar-refractivity contribution < 1.29 is 0 Å². The summed E-state index contributed by atoms with van der Waals surface area (Å²) in [6, 6.07) is 9.10. The van der Waals surface area contributed by atoms with Crippen LogP contribution in [0.15, 0.2) is 40.1 Å². The molecule has 0 saturated carbocycles. The number of fused-ring (bicyclic) bond motifs is 1. The maximum Gasteiger partial charge on any atom is 0.250 e. The van der Waals surface area contributed by atoms with Crippen molar-refractivity contribution in [2.45, 2.75) is 0 Å². The number of aromatic nitrogens is 1. The van der Waals surface area contributed by atoms with Gasteiger partial charge in [-0.15, -0.1) is 0 Å². The Morgan fingerprint density at radius 3 is 2.85 bits per heavy atom.